The molecular formula is C27H31N5O4. The molecule has 0 spiro atoms. The van der Waals surface area contributed by atoms with Crippen molar-refractivity contribution in [3.05, 3.63) is 65.0 Å². The Hall–Kier alpha value is -3.56. The van der Waals surface area contributed by atoms with Gasteiger partial charge >= 0.3 is 0 Å². The van der Waals surface area contributed by atoms with Gasteiger partial charge in [-0.3, -0.25) is 14.5 Å². The maximum absolute atomic E-state index is 13.5. The average molecular weight is 490 g/mol. The Morgan fingerprint density at radius 3 is 2.92 bits per heavy atom. The monoisotopic (exact) mass is 489 g/mol. The van der Waals surface area contributed by atoms with Gasteiger partial charge in [0.05, 0.1) is 25.0 Å². The van der Waals surface area contributed by atoms with Crippen molar-refractivity contribution in [1.82, 2.24) is 19.9 Å². The van der Waals surface area contributed by atoms with E-state index in [2.05, 4.69) is 20.4 Å². The van der Waals surface area contributed by atoms with Crippen LogP contribution in [0.2, 0.25) is 0 Å². The first-order valence-electron chi connectivity index (χ1n) is 12.4. The maximum atomic E-state index is 13.5. The molecule has 1 saturated heterocycles. The molecule has 3 heterocycles. The fourth-order valence-electron chi connectivity index (χ4n) is 4.92. The van der Waals surface area contributed by atoms with E-state index in [1.807, 2.05) is 56.4 Å². The molecule has 1 fully saturated rings. The van der Waals surface area contributed by atoms with Crippen LogP contribution in [0.3, 0.4) is 0 Å². The van der Waals surface area contributed by atoms with Gasteiger partial charge in [-0.25, -0.2) is 0 Å². The number of benzene rings is 2. The summed E-state index contributed by atoms with van der Waals surface area (Å²) in [5.74, 6) is 1.06. The number of nitrogens with one attached hydrogen (secondary N) is 1. The number of hydrogen-bond donors (Lipinski definition) is 2. The van der Waals surface area contributed by atoms with E-state index in [1.165, 1.54) is 0 Å². The van der Waals surface area contributed by atoms with Crippen LogP contribution in [-0.4, -0.2) is 69.6 Å². The second-order valence-corrected chi connectivity index (χ2v) is 9.61. The second kappa shape index (κ2) is 10.2. The van der Waals surface area contributed by atoms with Crippen molar-refractivity contribution in [2.45, 2.75) is 44.8 Å². The number of carbonyl (C=O) groups excluding carboxylic acids is 2. The lowest BCUT2D eigenvalue weighted by molar-refractivity contribution is -0.131. The number of aliphatic hydroxyl groups excluding tert-OH is 1. The summed E-state index contributed by atoms with van der Waals surface area (Å²) in [5, 5.41) is 17.0. The van der Waals surface area contributed by atoms with Crippen molar-refractivity contribution >= 4 is 17.5 Å². The summed E-state index contributed by atoms with van der Waals surface area (Å²) in [7, 11) is 1.82. The molecule has 2 aromatic carbocycles. The molecule has 5 rings (SSSR count). The molecule has 0 bridgehead atoms. The van der Waals surface area contributed by atoms with E-state index >= 15 is 0 Å². The number of anilines is 1. The number of aryl methyl sites for hydroxylation is 1. The smallest absolute Gasteiger partial charge is 0.228 e. The van der Waals surface area contributed by atoms with Crippen LogP contribution in [0, 0.1) is 0 Å². The molecule has 9 heteroatoms. The number of hydrogen-bond acceptors (Lipinski definition) is 7. The number of aromatic nitrogens is 2. The molecule has 0 aliphatic carbocycles. The molecule has 2 aliphatic heterocycles. The molecule has 2 amide bonds. The number of β-amino-alcohol motifs (C(OH)–C–C–N with tert-alkyl or cyclic N) is 1. The van der Waals surface area contributed by atoms with Crippen LogP contribution in [0.1, 0.15) is 42.0 Å². The SMILES string of the molecule is CCc1nc(-c2cccc(C(CN3CC[C@H](O)C3)N(C)C(=O)Cc3ccc4c(c3)NC(=O)C4)c2)no1. The Labute approximate surface area is 210 Å². The van der Waals surface area contributed by atoms with E-state index in [4.69, 9.17) is 4.52 Å². The van der Waals surface area contributed by atoms with E-state index in [-0.39, 0.29) is 30.4 Å². The number of rotatable bonds is 8. The zero-order valence-corrected chi connectivity index (χ0v) is 20.6. The van der Waals surface area contributed by atoms with Crippen molar-refractivity contribution in [2.24, 2.45) is 0 Å². The number of amides is 2. The standard InChI is InChI=1S/C27H31N5O4/c1-3-25-29-27(30-36-25)20-6-4-5-19(13-20)23(16-32-10-9-21(33)15-32)31(2)26(35)12-17-7-8-18-14-24(34)28-22(18)11-17/h4-8,11,13,21,23,33H,3,9-10,12,14-16H2,1-2H3,(H,28,34)/t21-,23?/m0/s1. The highest BCUT2D eigenvalue weighted by atomic mass is 16.5. The van der Waals surface area contributed by atoms with Crippen molar-refractivity contribution < 1.29 is 19.2 Å². The Bertz CT molecular complexity index is 1270. The van der Waals surface area contributed by atoms with Crippen molar-refractivity contribution in [3.8, 4) is 11.4 Å². The van der Waals surface area contributed by atoms with Gasteiger partial charge in [0.15, 0.2) is 0 Å². The lowest BCUT2D eigenvalue weighted by atomic mass is 10.0. The van der Waals surface area contributed by atoms with Crippen LogP contribution in [0.5, 0.6) is 0 Å². The number of likely N-dealkylation sites (N-methyl/N-ethyl adjacent to an activating group) is 1. The van der Waals surface area contributed by atoms with Gasteiger partial charge in [-0.1, -0.05) is 42.4 Å². The summed E-state index contributed by atoms with van der Waals surface area (Å²) in [6.45, 7) is 3.95. The molecule has 0 saturated carbocycles. The van der Waals surface area contributed by atoms with Gasteiger partial charge in [0, 0.05) is 44.4 Å². The molecular weight excluding hydrogens is 458 g/mol. The van der Waals surface area contributed by atoms with Crippen molar-refractivity contribution in [3.63, 3.8) is 0 Å². The first-order chi connectivity index (χ1) is 17.4. The zero-order valence-electron chi connectivity index (χ0n) is 20.6. The first kappa shape index (κ1) is 24.1. The summed E-state index contributed by atoms with van der Waals surface area (Å²) >= 11 is 0. The van der Waals surface area contributed by atoms with Crippen LogP contribution in [0.4, 0.5) is 5.69 Å². The minimum Gasteiger partial charge on any atom is -0.392 e. The van der Waals surface area contributed by atoms with Gasteiger partial charge in [-0.05, 0) is 35.2 Å². The highest BCUT2D eigenvalue weighted by Gasteiger charge is 2.29. The lowest BCUT2D eigenvalue weighted by Gasteiger charge is -2.32. The van der Waals surface area contributed by atoms with E-state index in [1.54, 1.807) is 4.90 Å². The van der Waals surface area contributed by atoms with Crippen molar-refractivity contribution in [2.75, 3.05) is 32.0 Å². The Kier molecular flexibility index (Phi) is 6.84. The number of aliphatic hydroxyl groups is 1. The number of likely N-dealkylation sites (tertiary alicyclic amines) is 1. The molecule has 36 heavy (non-hydrogen) atoms. The normalized spacial score (nSPS) is 18.2. The fraction of sp³-hybridized carbons (Fsp3) is 0.407. The number of fused-ring (bicyclic) bond motifs is 1. The zero-order chi connectivity index (χ0) is 25.2. The number of carbonyl (C=O) groups is 2. The second-order valence-electron chi connectivity index (χ2n) is 9.61. The molecule has 1 aromatic heterocycles. The summed E-state index contributed by atoms with van der Waals surface area (Å²) in [4.78, 5) is 33.6. The van der Waals surface area contributed by atoms with Gasteiger partial charge in [-0.2, -0.15) is 4.98 Å². The van der Waals surface area contributed by atoms with Gasteiger partial charge in [-0.15, -0.1) is 0 Å². The first-order valence-corrected chi connectivity index (χ1v) is 12.4. The maximum Gasteiger partial charge on any atom is 0.228 e. The lowest BCUT2D eigenvalue weighted by Crippen LogP contribution is -2.39. The molecule has 2 aliphatic rings. The third kappa shape index (κ3) is 5.17. The average Bonchev–Trinajstić information content (AvgIpc) is 3.61. The van der Waals surface area contributed by atoms with Gasteiger partial charge in [0.1, 0.15) is 0 Å². The van der Waals surface area contributed by atoms with E-state index < -0.39 is 0 Å². The summed E-state index contributed by atoms with van der Waals surface area (Å²) < 4.78 is 5.29. The van der Waals surface area contributed by atoms with E-state index in [0.717, 1.165) is 40.9 Å². The van der Waals surface area contributed by atoms with Gasteiger partial charge < -0.3 is 19.8 Å². The van der Waals surface area contributed by atoms with Crippen LogP contribution < -0.4 is 5.32 Å². The predicted octanol–water partition coefficient (Wildman–Crippen LogP) is 2.60. The minimum absolute atomic E-state index is 0.0222. The van der Waals surface area contributed by atoms with E-state index in [9.17, 15) is 14.7 Å². The topological polar surface area (TPSA) is 112 Å². The predicted molar refractivity (Wildman–Crippen MR) is 134 cm³/mol. The fourth-order valence-corrected chi connectivity index (χ4v) is 4.92. The molecule has 188 valence electrons. The Morgan fingerprint density at radius 1 is 1.31 bits per heavy atom. The van der Waals surface area contributed by atoms with Crippen LogP contribution in [0.15, 0.2) is 47.0 Å². The van der Waals surface area contributed by atoms with E-state index in [0.29, 0.717) is 37.6 Å². The molecule has 9 nitrogen and oxygen atoms in total. The molecule has 3 aromatic rings. The number of nitrogens with zero attached hydrogens (tertiary/aromatic N) is 4. The third-order valence-electron chi connectivity index (χ3n) is 6.99. The Balaban J connectivity index is 1.39. The third-order valence-corrected chi connectivity index (χ3v) is 6.99. The summed E-state index contributed by atoms with van der Waals surface area (Å²) in [6.07, 6.45) is 1.66. The van der Waals surface area contributed by atoms with Gasteiger partial charge in [0.2, 0.25) is 23.5 Å². The molecule has 0 radical (unpaired) electrons. The van der Waals surface area contributed by atoms with Crippen LogP contribution in [0.25, 0.3) is 11.4 Å². The van der Waals surface area contributed by atoms with Crippen LogP contribution >= 0.6 is 0 Å². The Morgan fingerprint density at radius 2 is 2.17 bits per heavy atom. The highest BCUT2D eigenvalue weighted by Crippen LogP contribution is 2.29. The quantitative estimate of drug-likeness (QED) is 0.500. The summed E-state index contributed by atoms with van der Waals surface area (Å²) in [6, 6.07) is 13.4. The minimum atomic E-state index is -0.341. The molecule has 1 unspecified atom stereocenters. The van der Waals surface area contributed by atoms with Crippen LogP contribution in [-0.2, 0) is 28.9 Å². The summed E-state index contributed by atoms with van der Waals surface area (Å²) in [5.41, 5.74) is 4.40. The van der Waals surface area contributed by atoms with Gasteiger partial charge in [0.25, 0.3) is 0 Å². The molecule has 2 atom stereocenters. The highest BCUT2D eigenvalue weighted by molar-refractivity contribution is 5.99. The van der Waals surface area contributed by atoms with Crippen molar-refractivity contribution in [1.29, 1.82) is 0 Å². The largest absolute Gasteiger partial charge is 0.392 e. The molecule has 2 N–H and O–H groups in total.